The van der Waals surface area contributed by atoms with Gasteiger partial charge in [0.1, 0.15) is 0 Å². The molecule has 1 rings (SSSR count). The summed E-state index contributed by atoms with van der Waals surface area (Å²) in [5, 5.41) is 0. The minimum absolute atomic E-state index is 0.161. The van der Waals surface area contributed by atoms with Crippen molar-refractivity contribution < 1.29 is 12.6 Å². The van der Waals surface area contributed by atoms with E-state index in [-0.39, 0.29) is 17.5 Å². The number of hydrogen-bond acceptors (Lipinski definition) is 4. The molecule has 102 valence electrons. The van der Waals surface area contributed by atoms with Gasteiger partial charge in [0, 0.05) is 35.4 Å². The molecule has 1 aromatic carbocycles. The second kappa shape index (κ2) is 6.42. The van der Waals surface area contributed by atoms with Gasteiger partial charge in [-0.05, 0) is 24.6 Å². The van der Waals surface area contributed by atoms with Gasteiger partial charge in [0.25, 0.3) is 0 Å². The van der Waals surface area contributed by atoms with Crippen molar-refractivity contribution in [3.05, 3.63) is 29.8 Å². The number of sulfonamides is 1. The van der Waals surface area contributed by atoms with Crippen LogP contribution in [0.3, 0.4) is 0 Å². The quantitative estimate of drug-likeness (QED) is 0.792. The zero-order chi connectivity index (χ0) is 13.8. The van der Waals surface area contributed by atoms with E-state index in [2.05, 4.69) is 4.72 Å². The van der Waals surface area contributed by atoms with E-state index in [1.165, 1.54) is 12.3 Å². The molecule has 0 aliphatic rings. The van der Waals surface area contributed by atoms with Crippen molar-refractivity contribution in [3.63, 3.8) is 0 Å². The molecule has 1 aromatic rings. The predicted molar refractivity (Wildman–Crippen MR) is 73.2 cm³/mol. The van der Waals surface area contributed by atoms with Gasteiger partial charge in [0.2, 0.25) is 10.0 Å². The van der Waals surface area contributed by atoms with Crippen molar-refractivity contribution in [2.45, 2.75) is 17.9 Å². The standard InChI is InChI=1S/C11H18N2O3S2/c1-9(12)10-4-3-5-11(8-10)18(15,16)13-6-7-17(2)14/h3-5,8-9,13H,6-7,12H2,1-2H3. The third-order valence-corrected chi connectivity index (χ3v) is 4.61. The van der Waals surface area contributed by atoms with Crippen LogP contribution < -0.4 is 10.5 Å². The molecule has 0 amide bonds. The molecule has 0 aliphatic heterocycles. The van der Waals surface area contributed by atoms with Gasteiger partial charge in [0.05, 0.1) is 4.90 Å². The molecule has 18 heavy (non-hydrogen) atoms. The highest BCUT2D eigenvalue weighted by molar-refractivity contribution is 7.89. The minimum Gasteiger partial charge on any atom is -0.324 e. The van der Waals surface area contributed by atoms with E-state index in [9.17, 15) is 12.6 Å². The van der Waals surface area contributed by atoms with Crippen LogP contribution in [0.25, 0.3) is 0 Å². The maximum absolute atomic E-state index is 11.9. The highest BCUT2D eigenvalue weighted by Crippen LogP contribution is 2.15. The van der Waals surface area contributed by atoms with Crippen molar-refractivity contribution in [1.82, 2.24) is 4.72 Å². The van der Waals surface area contributed by atoms with Gasteiger partial charge in [-0.3, -0.25) is 4.21 Å². The van der Waals surface area contributed by atoms with Crippen molar-refractivity contribution in [3.8, 4) is 0 Å². The van der Waals surface area contributed by atoms with Gasteiger partial charge < -0.3 is 5.73 Å². The Morgan fingerprint density at radius 2 is 2.11 bits per heavy atom. The Hall–Kier alpha value is -0.760. The largest absolute Gasteiger partial charge is 0.324 e. The van der Waals surface area contributed by atoms with Crippen LogP contribution in [0.15, 0.2) is 29.2 Å². The summed E-state index contributed by atoms with van der Waals surface area (Å²) in [7, 11) is -4.57. The van der Waals surface area contributed by atoms with Crippen molar-refractivity contribution in [1.29, 1.82) is 0 Å². The Bertz CT molecular complexity index is 527. The minimum atomic E-state index is -3.55. The molecule has 0 bridgehead atoms. The van der Waals surface area contributed by atoms with Crippen LogP contribution in [0.5, 0.6) is 0 Å². The SMILES string of the molecule is CC(N)c1cccc(S(=O)(=O)NCCS(C)=O)c1. The van der Waals surface area contributed by atoms with Crippen LogP contribution in [-0.2, 0) is 20.8 Å². The first-order valence-corrected chi connectivity index (χ1v) is 8.69. The summed E-state index contributed by atoms with van der Waals surface area (Å²) < 4.78 is 37.2. The molecule has 2 unspecified atom stereocenters. The van der Waals surface area contributed by atoms with Crippen LogP contribution >= 0.6 is 0 Å². The maximum atomic E-state index is 11.9. The van der Waals surface area contributed by atoms with E-state index >= 15 is 0 Å². The average molecular weight is 290 g/mol. The second-order valence-corrected chi connectivity index (χ2v) is 7.36. The molecule has 2 atom stereocenters. The van der Waals surface area contributed by atoms with Crippen LogP contribution in [0.2, 0.25) is 0 Å². The van der Waals surface area contributed by atoms with E-state index in [1.807, 2.05) is 0 Å². The third kappa shape index (κ3) is 4.49. The fourth-order valence-electron chi connectivity index (χ4n) is 1.37. The van der Waals surface area contributed by atoms with Gasteiger partial charge >= 0.3 is 0 Å². The summed E-state index contributed by atoms with van der Waals surface area (Å²) >= 11 is 0. The summed E-state index contributed by atoms with van der Waals surface area (Å²) in [6.45, 7) is 1.95. The van der Waals surface area contributed by atoms with E-state index < -0.39 is 20.8 Å². The Morgan fingerprint density at radius 1 is 1.44 bits per heavy atom. The number of hydrogen-bond donors (Lipinski definition) is 2. The molecule has 0 saturated heterocycles. The second-order valence-electron chi connectivity index (χ2n) is 4.04. The third-order valence-electron chi connectivity index (χ3n) is 2.38. The normalized spacial score (nSPS) is 15.3. The number of benzene rings is 1. The topological polar surface area (TPSA) is 89.3 Å². The fraction of sp³-hybridized carbons (Fsp3) is 0.455. The lowest BCUT2D eigenvalue weighted by molar-refractivity contribution is 0.583. The van der Waals surface area contributed by atoms with Crippen LogP contribution in [-0.4, -0.2) is 31.2 Å². The zero-order valence-corrected chi connectivity index (χ0v) is 12.1. The van der Waals surface area contributed by atoms with Crippen LogP contribution in [0, 0.1) is 0 Å². The Balaban J connectivity index is 2.84. The summed E-state index contributed by atoms with van der Waals surface area (Å²) in [6, 6.07) is 6.28. The molecule has 0 saturated carbocycles. The van der Waals surface area contributed by atoms with Crippen molar-refractivity contribution >= 4 is 20.8 Å². The molecular weight excluding hydrogens is 272 g/mol. The molecule has 3 N–H and O–H groups in total. The number of nitrogens with two attached hydrogens (primary N) is 1. The highest BCUT2D eigenvalue weighted by atomic mass is 32.2. The summed E-state index contributed by atoms with van der Waals surface area (Å²) in [4.78, 5) is 0.180. The van der Waals surface area contributed by atoms with Gasteiger partial charge in [0.15, 0.2) is 0 Å². The lowest BCUT2D eigenvalue weighted by Gasteiger charge is -2.09. The Morgan fingerprint density at radius 3 is 2.67 bits per heavy atom. The molecule has 0 spiro atoms. The molecule has 0 heterocycles. The maximum Gasteiger partial charge on any atom is 0.240 e. The smallest absolute Gasteiger partial charge is 0.240 e. The first-order valence-electron chi connectivity index (χ1n) is 5.48. The van der Waals surface area contributed by atoms with E-state index in [0.717, 1.165) is 5.56 Å². The summed E-state index contributed by atoms with van der Waals surface area (Å²) in [5.41, 5.74) is 6.47. The molecule has 0 radical (unpaired) electrons. The fourth-order valence-corrected chi connectivity index (χ4v) is 2.97. The number of rotatable bonds is 6. The molecular formula is C11H18N2O3S2. The molecule has 0 fully saturated rings. The first kappa shape index (κ1) is 15.3. The molecule has 0 aliphatic carbocycles. The monoisotopic (exact) mass is 290 g/mol. The van der Waals surface area contributed by atoms with E-state index in [4.69, 9.17) is 5.73 Å². The van der Waals surface area contributed by atoms with Crippen molar-refractivity contribution in [2.24, 2.45) is 5.73 Å². The Kier molecular flexibility index (Phi) is 5.46. The molecule has 5 nitrogen and oxygen atoms in total. The molecule has 7 heteroatoms. The van der Waals surface area contributed by atoms with Gasteiger partial charge in [-0.25, -0.2) is 13.1 Å². The van der Waals surface area contributed by atoms with Crippen molar-refractivity contribution in [2.75, 3.05) is 18.6 Å². The summed E-state index contributed by atoms with van der Waals surface area (Å²) in [5.74, 6) is 0.298. The molecule has 0 aromatic heterocycles. The number of nitrogens with one attached hydrogen (secondary N) is 1. The average Bonchev–Trinajstić information content (AvgIpc) is 2.28. The van der Waals surface area contributed by atoms with Gasteiger partial charge in [-0.2, -0.15) is 0 Å². The van der Waals surface area contributed by atoms with Gasteiger partial charge in [-0.15, -0.1) is 0 Å². The van der Waals surface area contributed by atoms with E-state index in [0.29, 0.717) is 5.75 Å². The summed E-state index contributed by atoms with van der Waals surface area (Å²) in [6.07, 6.45) is 1.53. The van der Waals surface area contributed by atoms with Crippen LogP contribution in [0.4, 0.5) is 0 Å². The lowest BCUT2D eigenvalue weighted by Crippen LogP contribution is -2.27. The zero-order valence-electron chi connectivity index (χ0n) is 10.4. The lowest BCUT2D eigenvalue weighted by atomic mass is 10.1. The predicted octanol–water partition coefficient (Wildman–Crippen LogP) is 0.363. The highest BCUT2D eigenvalue weighted by Gasteiger charge is 2.14. The Labute approximate surface area is 110 Å². The van der Waals surface area contributed by atoms with Gasteiger partial charge in [-0.1, -0.05) is 12.1 Å². The van der Waals surface area contributed by atoms with E-state index in [1.54, 1.807) is 25.1 Å². The first-order chi connectivity index (χ1) is 8.33. The van der Waals surface area contributed by atoms with Crippen LogP contribution in [0.1, 0.15) is 18.5 Å².